The molecular formula is C16H14N4O. The molecule has 2 aromatic heterocycles. The Kier molecular flexibility index (Phi) is 3.47. The molecule has 5 nitrogen and oxygen atoms in total. The Balaban J connectivity index is 1.79. The largest absolute Gasteiger partial charge is 0.322 e. The second kappa shape index (κ2) is 5.58. The Labute approximate surface area is 121 Å². The van der Waals surface area contributed by atoms with E-state index in [0.29, 0.717) is 0 Å². The van der Waals surface area contributed by atoms with Gasteiger partial charge in [-0.1, -0.05) is 6.07 Å². The Bertz CT molecular complexity index is 815. The quantitative estimate of drug-likeness (QED) is 0.749. The number of carbonyl (C=O) groups is 1. The molecule has 0 atom stereocenters. The van der Waals surface area contributed by atoms with Crippen molar-refractivity contribution in [2.75, 3.05) is 5.32 Å². The third-order valence-electron chi connectivity index (χ3n) is 3.06. The molecule has 0 saturated carbocycles. The van der Waals surface area contributed by atoms with Gasteiger partial charge in [0.25, 0.3) is 0 Å². The molecule has 3 aromatic rings. The van der Waals surface area contributed by atoms with Gasteiger partial charge in [0, 0.05) is 36.5 Å². The van der Waals surface area contributed by atoms with Crippen LogP contribution in [0.3, 0.4) is 0 Å². The molecule has 0 bridgehead atoms. The van der Waals surface area contributed by atoms with E-state index < -0.39 is 0 Å². The average molecular weight is 278 g/mol. The molecule has 0 fully saturated rings. The molecule has 0 radical (unpaired) electrons. The van der Waals surface area contributed by atoms with E-state index in [1.165, 1.54) is 6.08 Å². The van der Waals surface area contributed by atoms with Crippen molar-refractivity contribution in [2.24, 2.45) is 7.05 Å². The molecule has 104 valence electrons. The van der Waals surface area contributed by atoms with Gasteiger partial charge in [0.05, 0.1) is 17.4 Å². The summed E-state index contributed by atoms with van der Waals surface area (Å²) in [4.78, 5) is 16.3. The summed E-state index contributed by atoms with van der Waals surface area (Å²) >= 11 is 0. The van der Waals surface area contributed by atoms with Gasteiger partial charge in [-0.2, -0.15) is 5.10 Å². The molecule has 0 unspecified atom stereocenters. The number of hydrogen-bond acceptors (Lipinski definition) is 3. The van der Waals surface area contributed by atoms with Crippen LogP contribution < -0.4 is 5.32 Å². The van der Waals surface area contributed by atoms with Crippen LogP contribution in [0.1, 0.15) is 5.56 Å². The maximum atomic E-state index is 12.0. The van der Waals surface area contributed by atoms with Crippen molar-refractivity contribution < 1.29 is 4.79 Å². The lowest BCUT2D eigenvalue weighted by atomic mass is 10.2. The van der Waals surface area contributed by atoms with Crippen LogP contribution in [0, 0.1) is 0 Å². The molecule has 1 amide bonds. The van der Waals surface area contributed by atoms with E-state index in [0.717, 1.165) is 22.2 Å². The van der Waals surface area contributed by atoms with Gasteiger partial charge in [-0.05, 0) is 30.3 Å². The Morgan fingerprint density at radius 1 is 1.29 bits per heavy atom. The van der Waals surface area contributed by atoms with Crippen molar-refractivity contribution in [3.05, 3.63) is 60.6 Å². The van der Waals surface area contributed by atoms with Crippen LogP contribution in [-0.4, -0.2) is 20.7 Å². The van der Waals surface area contributed by atoms with Crippen molar-refractivity contribution in [1.82, 2.24) is 14.8 Å². The lowest BCUT2D eigenvalue weighted by Crippen LogP contribution is -2.08. The number of nitrogens with zero attached hydrogens (tertiary/aromatic N) is 3. The van der Waals surface area contributed by atoms with Crippen molar-refractivity contribution in [2.45, 2.75) is 0 Å². The smallest absolute Gasteiger partial charge is 0.248 e. The lowest BCUT2D eigenvalue weighted by molar-refractivity contribution is -0.111. The summed E-state index contributed by atoms with van der Waals surface area (Å²) in [5.74, 6) is -0.185. The lowest BCUT2D eigenvalue weighted by Gasteiger charge is -2.05. The molecule has 0 aliphatic carbocycles. The molecule has 0 aliphatic rings. The number of benzene rings is 1. The zero-order chi connectivity index (χ0) is 14.7. The van der Waals surface area contributed by atoms with E-state index in [-0.39, 0.29) is 5.91 Å². The normalized spacial score (nSPS) is 11.1. The van der Waals surface area contributed by atoms with Gasteiger partial charge in [0.1, 0.15) is 0 Å². The van der Waals surface area contributed by atoms with E-state index in [1.807, 2.05) is 43.6 Å². The fourth-order valence-electron chi connectivity index (χ4n) is 2.08. The molecular weight excluding hydrogens is 264 g/mol. The maximum absolute atomic E-state index is 12.0. The first-order valence-corrected chi connectivity index (χ1v) is 6.54. The van der Waals surface area contributed by atoms with Gasteiger partial charge in [0.2, 0.25) is 5.91 Å². The molecule has 1 aromatic carbocycles. The minimum absolute atomic E-state index is 0.185. The number of amides is 1. The number of hydrogen-bond donors (Lipinski definition) is 1. The Morgan fingerprint density at radius 3 is 3.00 bits per heavy atom. The highest BCUT2D eigenvalue weighted by Crippen LogP contribution is 2.21. The Morgan fingerprint density at radius 2 is 2.19 bits per heavy atom. The van der Waals surface area contributed by atoms with E-state index in [9.17, 15) is 4.79 Å². The number of aromatic nitrogens is 3. The second-order valence-corrected chi connectivity index (χ2v) is 4.65. The van der Waals surface area contributed by atoms with Crippen LogP contribution in [0.4, 0.5) is 5.69 Å². The summed E-state index contributed by atoms with van der Waals surface area (Å²) in [5, 5.41) is 7.83. The molecule has 3 rings (SSSR count). The SMILES string of the molecule is Cn1cc(/C=C/C(=O)Nc2cccc3ncccc23)cn1. The van der Waals surface area contributed by atoms with Gasteiger partial charge in [-0.3, -0.25) is 14.5 Å². The first-order chi connectivity index (χ1) is 10.2. The Hall–Kier alpha value is -2.95. The van der Waals surface area contributed by atoms with Gasteiger partial charge in [-0.15, -0.1) is 0 Å². The van der Waals surface area contributed by atoms with E-state index in [1.54, 1.807) is 23.2 Å². The van der Waals surface area contributed by atoms with Crippen molar-refractivity contribution in [3.63, 3.8) is 0 Å². The summed E-state index contributed by atoms with van der Waals surface area (Å²) in [5.41, 5.74) is 2.49. The van der Waals surface area contributed by atoms with Crippen LogP contribution in [0.25, 0.3) is 17.0 Å². The zero-order valence-corrected chi connectivity index (χ0v) is 11.5. The van der Waals surface area contributed by atoms with E-state index >= 15 is 0 Å². The number of aryl methyl sites for hydroxylation is 1. The van der Waals surface area contributed by atoms with E-state index in [4.69, 9.17) is 0 Å². The molecule has 0 spiro atoms. The summed E-state index contributed by atoms with van der Waals surface area (Å²) in [6.07, 6.45) is 8.49. The summed E-state index contributed by atoms with van der Waals surface area (Å²) in [6, 6.07) is 9.43. The van der Waals surface area contributed by atoms with Crippen LogP contribution in [0.5, 0.6) is 0 Å². The third-order valence-corrected chi connectivity index (χ3v) is 3.06. The van der Waals surface area contributed by atoms with Gasteiger partial charge in [-0.25, -0.2) is 0 Å². The highest BCUT2D eigenvalue weighted by molar-refractivity contribution is 6.06. The van der Waals surface area contributed by atoms with Crippen LogP contribution in [-0.2, 0) is 11.8 Å². The topological polar surface area (TPSA) is 59.8 Å². The zero-order valence-electron chi connectivity index (χ0n) is 11.5. The van der Waals surface area contributed by atoms with E-state index in [2.05, 4.69) is 15.4 Å². The first-order valence-electron chi connectivity index (χ1n) is 6.54. The molecule has 2 heterocycles. The molecule has 21 heavy (non-hydrogen) atoms. The number of carbonyl (C=O) groups excluding carboxylic acids is 1. The van der Waals surface area contributed by atoms with Crippen molar-refractivity contribution in [3.8, 4) is 0 Å². The second-order valence-electron chi connectivity index (χ2n) is 4.65. The predicted molar refractivity (Wildman–Crippen MR) is 82.6 cm³/mol. The monoisotopic (exact) mass is 278 g/mol. The van der Waals surface area contributed by atoms with Crippen LogP contribution in [0.2, 0.25) is 0 Å². The minimum Gasteiger partial charge on any atom is -0.322 e. The maximum Gasteiger partial charge on any atom is 0.248 e. The average Bonchev–Trinajstić information content (AvgIpc) is 2.91. The fraction of sp³-hybridized carbons (Fsp3) is 0.0625. The summed E-state index contributed by atoms with van der Waals surface area (Å²) in [7, 11) is 1.83. The minimum atomic E-state index is -0.185. The van der Waals surface area contributed by atoms with Crippen LogP contribution >= 0.6 is 0 Å². The van der Waals surface area contributed by atoms with Gasteiger partial charge < -0.3 is 5.32 Å². The molecule has 1 N–H and O–H groups in total. The molecule has 0 aliphatic heterocycles. The highest BCUT2D eigenvalue weighted by atomic mass is 16.1. The predicted octanol–water partition coefficient (Wildman–Crippen LogP) is 2.62. The van der Waals surface area contributed by atoms with Crippen LogP contribution in [0.15, 0.2) is 55.0 Å². The summed E-state index contributed by atoms with van der Waals surface area (Å²) < 4.78 is 1.69. The molecule has 5 heteroatoms. The van der Waals surface area contributed by atoms with Gasteiger partial charge >= 0.3 is 0 Å². The number of fused-ring (bicyclic) bond motifs is 1. The molecule has 0 saturated heterocycles. The summed E-state index contributed by atoms with van der Waals surface area (Å²) in [6.45, 7) is 0. The first kappa shape index (κ1) is 13.1. The van der Waals surface area contributed by atoms with Gasteiger partial charge in [0.15, 0.2) is 0 Å². The number of anilines is 1. The fourth-order valence-corrected chi connectivity index (χ4v) is 2.08. The van der Waals surface area contributed by atoms with Crippen molar-refractivity contribution in [1.29, 1.82) is 0 Å². The number of nitrogens with one attached hydrogen (secondary N) is 1. The standard InChI is InChI=1S/C16H14N4O/c1-20-11-12(10-18-20)7-8-16(21)19-15-6-2-5-14-13(15)4-3-9-17-14/h2-11H,1H3,(H,19,21)/b8-7+. The third kappa shape index (κ3) is 2.97. The van der Waals surface area contributed by atoms with Crippen molar-refractivity contribution >= 4 is 28.6 Å². The number of pyridine rings is 1. The highest BCUT2D eigenvalue weighted by Gasteiger charge is 2.03. The number of rotatable bonds is 3.